The van der Waals surface area contributed by atoms with Gasteiger partial charge in [-0.15, -0.1) is 0 Å². The van der Waals surface area contributed by atoms with Crippen LogP contribution in [0.4, 0.5) is 0 Å². The van der Waals surface area contributed by atoms with E-state index in [4.69, 9.17) is 0 Å². The van der Waals surface area contributed by atoms with Gasteiger partial charge >= 0.3 is 0 Å². The lowest BCUT2D eigenvalue weighted by Gasteiger charge is -2.37. The van der Waals surface area contributed by atoms with Crippen LogP contribution in [0.5, 0.6) is 0 Å². The zero-order chi connectivity index (χ0) is 19.6. The number of piperazine rings is 1. The molecule has 148 valence electrons. The largest absolute Gasteiger partial charge is 0.306 e. The summed E-state index contributed by atoms with van der Waals surface area (Å²) < 4.78 is 0. The highest BCUT2D eigenvalue weighted by Gasteiger charge is 2.30. The van der Waals surface area contributed by atoms with Gasteiger partial charge in [-0.05, 0) is 43.1 Å². The van der Waals surface area contributed by atoms with Gasteiger partial charge in [0.15, 0.2) is 0 Å². The molecular weight excluding hydrogens is 362 g/mol. The van der Waals surface area contributed by atoms with Crippen molar-refractivity contribution in [1.29, 1.82) is 0 Å². The smallest absolute Gasteiger partial charge is 0.251 e. The Hall–Kier alpha value is -2.83. The molecule has 0 aliphatic carbocycles. The molecular formula is C23H25N5O. The van der Waals surface area contributed by atoms with E-state index in [9.17, 15) is 4.79 Å². The van der Waals surface area contributed by atoms with Crippen molar-refractivity contribution in [2.45, 2.75) is 25.4 Å². The molecule has 4 heterocycles. The predicted octanol–water partition coefficient (Wildman–Crippen LogP) is 2.78. The molecule has 2 aromatic heterocycles. The maximum absolute atomic E-state index is 12.2. The van der Waals surface area contributed by atoms with Gasteiger partial charge in [-0.25, -0.2) is 4.98 Å². The van der Waals surface area contributed by atoms with Crippen LogP contribution in [0.3, 0.4) is 0 Å². The van der Waals surface area contributed by atoms with Gasteiger partial charge in [-0.1, -0.05) is 24.3 Å². The van der Waals surface area contributed by atoms with Crippen molar-refractivity contribution in [1.82, 2.24) is 24.8 Å². The van der Waals surface area contributed by atoms with E-state index < -0.39 is 0 Å². The Morgan fingerprint density at radius 3 is 2.90 bits per heavy atom. The Labute approximate surface area is 170 Å². The molecule has 5 rings (SSSR count). The molecule has 29 heavy (non-hydrogen) atoms. The average molecular weight is 387 g/mol. The lowest BCUT2D eigenvalue weighted by molar-refractivity contribution is 0.0994. The SMILES string of the molecule is O=c1cc(-c2ccccn2)nc(-c2cccc(CN3CCN4CCCC4C3)c2)[nH]1. The van der Waals surface area contributed by atoms with Crippen molar-refractivity contribution >= 4 is 0 Å². The highest BCUT2D eigenvalue weighted by Crippen LogP contribution is 2.24. The van der Waals surface area contributed by atoms with Gasteiger partial charge in [0.25, 0.3) is 5.56 Å². The van der Waals surface area contributed by atoms with E-state index in [0.29, 0.717) is 17.2 Å². The van der Waals surface area contributed by atoms with Crippen LogP contribution < -0.4 is 5.56 Å². The van der Waals surface area contributed by atoms with E-state index in [2.05, 4.69) is 36.9 Å². The van der Waals surface area contributed by atoms with Crippen molar-refractivity contribution in [3.05, 3.63) is 70.6 Å². The van der Waals surface area contributed by atoms with Crippen LogP contribution in [-0.2, 0) is 6.54 Å². The highest BCUT2D eigenvalue weighted by molar-refractivity contribution is 5.61. The first-order chi connectivity index (χ1) is 14.2. The minimum absolute atomic E-state index is 0.168. The second-order valence-corrected chi connectivity index (χ2v) is 7.96. The summed E-state index contributed by atoms with van der Waals surface area (Å²) in [4.78, 5) is 29.3. The molecule has 0 saturated carbocycles. The van der Waals surface area contributed by atoms with Gasteiger partial charge in [-0.2, -0.15) is 0 Å². The molecule has 6 heteroatoms. The minimum atomic E-state index is -0.168. The average Bonchev–Trinajstić information content (AvgIpc) is 3.22. The van der Waals surface area contributed by atoms with Crippen LogP contribution in [0.2, 0.25) is 0 Å². The van der Waals surface area contributed by atoms with E-state index in [1.54, 1.807) is 6.20 Å². The molecule has 0 spiro atoms. The van der Waals surface area contributed by atoms with Crippen molar-refractivity contribution in [2.75, 3.05) is 26.2 Å². The first-order valence-electron chi connectivity index (χ1n) is 10.3. The molecule has 1 N–H and O–H groups in total. The van der Waals surface area contributed by atoms with Gasteiger partial charge in [0, 0.05) is 50.0 Å². The van der Waals surface area contributed by atoms with Crippen molar-refractivity contribution in [2.24, 2.45) is 0 Å². The van der Waals surface area contributed by atoms with Crippen LogP contribution >= 0.6 is 0 Å². The molecule has 1 unspecified atom stereocenters. The molecule has 2 aliphatic rings. The molecule has 1 aromatic carbocycles. The number of nitrogens with zero attached hydrogens (tertiary/aromatic N) is 4. The van der Waals surface area contributed by atoms with Gasteiger partial charge in [0.05, 0.1) is 11.4 Å². The summed E-state index contributed by atoms with van der Waals surface area (Å²) in [5.41, 5.74) is 3.30. The molecule has 2 fully saturated rings. The maximum atomic E-state index is 12.2. The summed E-state index contributed by atoms with van der Waals surface area (Å²) >= 11 is 0. The monoisotopic (exact) mass is 387 g/mol. The number of H-pyrrole nitrogens is 1. The standard InChI is InChI=1S/C23H25N5O/c29-22-14-21(20-8-1-2-9-24-20)25-23(26-22)18-6-3-5-17(13-18)15-27-11-12-28-10-4-7-19(28)16-27/h1-3,5-6,8-9,13-14,19H,4,7,10-12,15-16H2,(H,25,26,29). The third kappa shape index (κ3) is 3.99. The second kappa shape index (κ2) is 7.89. The van der Waals surface area contributed by atoms with Crippen molar-refractivity contribution in [3.8, 4) is 22.8 Å². The van der Waals surface area contributed by atoms with E-state index >= 15 is 0 Å². The molecule has 6 nitrogen and oxygen atoms in total. The molecule has 0 bridgehead atoms. The molecule has 0 amide bonds. The summed E-state index contributed by atoms with van der Waals surface area (Å²) in [5.74, 6) is 0.584. The lowest BCUT2D eigenvalue weighted by Crippen LogP contribution is -2.49. The quantitative estimate of drug-likeness (QED) is 0.746. The van der Waals surface area contributed by atoms with E-state index in [-0.39, 0.29) is 5.56 Å². The second-order valence-electron chi connectivity index (χ2n) is 7.96. The number of aromatic nitrogens is 3. The molecule has 2 aliphatic heterocycles. The van der Waals surface area contributed by atoms with Crippen molar-refractivity contribution in [3.63, 3.8) is 0 Å². The molecule has 3 aromatic rings. The topological polar surface area (TPSA) is 65.1 Å². The lowest BCUT2D eigenvalue weighted by atomic mass is 10.1. The minimum Gasteiger partial charge on any atom is -0.306 e. The summed E-state index contributed by atoms with van der Waals surface area (Å²) in [6.07, 6.45) is 4.37. The summed E-state index contributed by atoms with van der Waals surface area (Å²) in [6.45, 7) is 5.63. The van der Waals surface area contributed by atoms with E-state index in [1.807, 2.05) is 30.3 Å². The number of hydrogen-bond donors (Lipinski definition) is 1. The van der Waals surface area contributed by atoms with Crippen LogP contribution in [0.25, 0.3) is 22.8 Å². The Bertz CT molecular complexity index is 1050. The first kappa shape index (κ1) is 18.2. The van der Waals surface area contributed by atoms with Gasteiger partial charge in [0.2, 0.25) is 0 Å². The molecule has 2 saturated heterocycles. The Morgan fingerprint density at radius 1 is 1.03 bits per heavy atom. The number of hydrogen-bond acceptors (Lipinski definition) is 5. The normalized spacial score (nSPS) is 19.9. The number of nitrogens with one attached hydrogen (secondary N) is 1. The van der Waals surface area contributed by atoms with Gasteiger partial charge < -0.3 is 4.98 Å². The Morgan fingerprint density at radius 2 is 2.00 bits per heavy atom. The fourth-order valence-electron chi connectivity index (χ4n) is 4.51. The first-order valence-corrected chi connectivity index (χ1v) is 10.3. The van der Waals surface area contributed by atoms with E-state index in [0.717, 1.165) is 31.2 Å². The summed E-state index contributed by atoms with van der Waals surface area (Å²) in [6, 6.07) is 16.2. The zero-order valence-corrected chi connectivity index (χ0v) is 16.4. The zero-order valence-electron chi connectivity index (χ0n) is 16.4. The molecule has 0 radical (unpaired) electrons. The van der Waals surface area contributed by atoms with Crippen LogP contribution in [0.1, 0.15) is 18.4 Å². The van der Waals surface area contributed by atoms with Crippen molar-refractivity contribution < 1.29 is 0 Å². The summed E-state index contributed by atoms with van der Waals surface area (Å²) in [7, 11) is 0. The maximum Gasteiger partial charge on any atom is 0.251 e. The molecule has 1 atom stereocenters. The van der Waals surface area contributed by atoms with Crippen LogP contribution in [0.15, 0.2) is 59.5 Å². The summed E-state index contributed by atoms with van der Waals surface area (Å²) in [5, 5.41) is 0. The van der Waals surface area contributed by atoms with Gasteiger partial charge in [0.1, 0.15) is 5.82 Å². The Balaban J connectivity index is 1.38. The van der Waals surface area contributed by atoms with E-state index in [1.165, 1.54) is 37.6 Å². The third-order valence-electron chi connectivity index (χ3n) is 5.95. The Kier molecular flexibility index (Phi) is 4.96. The predicted molar refractivity (Wildman–Crippen MR) is 113 cm³/mol. The number of rotatable bonds is 4. The fourth-order valence-corrected chi connectivity index (χ4v) is 4.51. The number of fused-ring (bicyclic) bond motifs is 1. The van der Waals surface area contributed by atoms with Gasteiger partial charge in [-0.3, -0.25) is 19.6 Å². The highest BCUT2D eigenvalue weighted by atomic mass is 16.1. The van der Waals surface area contributed by atoms with Crippen LogP contribution in [0, 0.1) is 0 Å². The number of benzene rings is 1. The number of pyridine rings is 1. The third-order valence-corrected chi connectivity index (χ3v) is 5.95. The van der Waals surface area contributed by atoms with Crippen LogP contribution in [-0.4, -0.2) is 57.0 Å². The fraction of sp³-hybridized carbons (Fsp3) is 0.348. The number of aromatic amines is 1.